The molecule has 0 saturated carbocycles. The fourth-order valence-electron chi connectivity index (χ4n) is 3.30. The minimum Gasteiger partial charge on any atom is -0.306 e. The molecular weight excluding hydrogens is 448 g/mol. The molecule has 1 aliphatic heterocycles. The third-order valence-electron chi connectivity index (χ3n) is 4.90. The molecule has 5 nitrogen and oxygen atoms in total. The van der Waals surface area contributed by atoms with Crippen molar-refractivity contribution in [3.63, 3.8) is 0 Å². The van der Waals surface area contributed by atoms with Crippen LogP contribution in [0.4, 0.5) is 28.0 Å². The summed E-state index contributed by atoms with van der Waals surface area (Å²) in [6.45, 7) is 0.155. The number of nitrogens with one attached hydrogen (secondary N) is 1. The van der Waals surface area contributed by atoms with Gasteiger partial charge in [-0.25, -0.2) is 19.2 Å². The van der Waals surface area contributed by atoms with Gasteiger partial charge < -0.3 is 5.32 Å². The number of pyridine rings is 1. The van der Waals surface area contributed by atoms with E-state index >= 15 is 0 Å². The van der Waals surface area contributed by atoms with Crippen LogP contribution >= 0.6 is 11.6 Å². The number of halogens is 5. The van der Waals surface area contributed by atoms with Gasteiger partial charge in [-0.1, -0.05) is 29.8 Å². The summed E-state index contributed by atoms with van der Waals surface area (Å²) in [5.41, 5.74) is 1.27. The summed E-state index contributed by atoms with van der Waals surface area (Å²) in [7, 11) is 0. The van der Waals surface area contributed by atoms with Crippen molar-refractivity contribution in [2.24, 2.45) is 5.10 Å². The third-order valence-corrected chi connectivity index (χ3v) is 5.13. The molecule has 0 fully saturated rings. The van der Waals surface area contributed by atoms with E-state index < -0.39 is 23.6 Å². The molecule has 1 aromatic heterocycles. The first-order valence-electron chi connectivity index (χ1n) is 9.42. The molecule has 0 aliphatic carbocycles. The van der Waals surface area contributed by atoms with Crippen LogP contribution in [0.15, 0.2) is 72.0 Å². The van der Waals surface area contributed by atoms with Crippen molar-refractivity contribution in [3.05, 3.63) is 94.5 Å². The number of hydrazone groups is 1. The number of aromatic nitrogens is 1. The van der Waals surface area contributed by atoms with E-state index in [2.05, 4.69) is 15.4 Å². The largest absolute Gasteiger partial charge is 0.416 e. The standard InChI is InChI=1S/C22H15ClF4N4O/c23-19-10-3-14(11-28-19)18-12-31(30-20(18)13-1-6-16(24)7-2-13)21(32)29-17-8-4-15(5-9-17)22(25,26)27/h1-11,18H,12H2,(H,29,32). The summed E-state index contributed by atoms with van der Waals surface area (Å²) in [6.07, 6.45) is -2.89. The van der Waals surface area contributed by atoms with E-state index in [4.69, 9.17) is 11.6 Å². The number of rotatable bonds is 3. The molecular formula is C22H15ClF4N4O. The van der Waals surface area contributed by atoms with Crippen LogP contribution in [0.25, 0.3) is 0 Å². The Labute approximate surface area is 185 Å². The highest BCUT2D eigenvalue weighted by molar-refractivity contribution is 6.29. The number of alkyl halides is 3. The van der Waals surface area contributed by atoms with Crippen molar-refractivity contribution in [2.45, 2.75) is 12.1 Å². The molecule has 0 bridgehead atoms. The van der Waals surface area contributed by atoms with Crippen molar-refractivity contribution < 1.29 is 22.4 Å². The molecule has 1 N–H and O–H groups in total. The van der Waals surface area contributed by atoms with E-state index in [1.807, 2.05) is 0 Å². The number of hydrogen-bond acceptors (Lipinski definition) is 3. The summed E-state index contributed by atoms with van der Waals surface area (Å²) in [5.74, 6) is -0.766. The summed E-state index contributed by atoms with van der Waals surface area (Å²) in [5, 5.41) is 8.42. The predicted octanol–water partition coefficient (Wildman–Crippen LogP) is 5.93. The molecule has 2 aromatic carbocycles. The van der Waals surface area contributed by atoms with E-state index in [1.54, 1.807) is 30.5 Å². The van der Waals surface area contributed by atoms with Crippen LogP contribution in [0.5, 0.6) is 0 Å². The van der Waals surface area contributed by atoms with Gasteiger partial charge in [0.1, 0.15) is 11.0 Å². The summed E-state index contributed by atoms with van der Waals surface area (Å²) in [4.78, 5) is 16.8. The second-order valence-electron chi connectivity index (χ2n) is 7.05. The number of urea groups is 1. The molecule has 4 rings (SSSR count). The number of benzene rings is 2. The number of carbonyl (C=O) groups is 1. The molecule has 164 valence electrons. The maximum absolute atomic E-state index is 13.4. The SMILES string of the molecule is O=C(Nc1ccc(C(F)(F)F)cc1)N1CC(c2ccc(Cl)nc2)C(c2ccc(F)cc2)=N1. The molecule has 1 unspecified atom stereocenters. The Bertz CT molecular complexity index is 1150. The van der Waals surface area contributed by atoms with E-state index in [1.165, 1.54) is 29.3 Å². The number of amides is 2. The van der Waals surface area contributed by atoms with Gasteiger partial charge in [0.2, 0.25) is 0 Å². The zero-order valence-electron chi connectivity index (χ0n) is 16.3. The highest BCUT2D eigenvalue weighted by Crippen LogP contribution is 2.31. The molecule has 1 atom stereocenters. The van der Waals surface area contributed by atoms with Crippen molar-refractivity contribution in [2.75, 3.05) is 11.9 Å². The Morgan fingerprint density at radius 3 is 2.31 bits per heavy atom. The first kappa shape index (κ1) is 21.8. The van der Waals surface area contributed by atoms with Gasteiger partial charge in [0.05, 0.1) is 23.7 Å². The normalized spacial score (nSPS) is 16.1. The van der Waals surface area contributed by atoms with Crippen molar-refractivity contribution in [1.82, 2.24) is 9.99 Å². The summed E-state index contributed by atoms with van der Waals surface area (Å²) in [6, 6.07) is 12.6. The van der Waals surface area contributed by atoms with E-state index in [0.717, 1.165) is 17.7 Å². The van der Waals surface area contributed by atoms with Crippen LogP contribution in [-0.4, -0.2) is 28.3 Å². The van der Waals surface area contributed by atoms with Crippen LogP contribution in [0, 0.1) is 5.82 Å². The van der Waals surface area contributed by atoms with Gasteiger partial charge >= 0.3 is 12.2 Å². The van der Waals surface area contributed by atoms with Gasteiger partial charge in [0, 0.05) is 11.9 Å². The lowest BCUT2D eigenvalue weighted by molar-refractivity contribution is -0.137. The molecule has 1 aliphatic rings. The highest BCUT2D eigenvalue weighted by Gasteiger charge is 2.33. The predicted molar refractivity (Wildman–Crippen MR) is 112 cm³/mol. The number of hydrogen-bond donors (Lipinski definition) is 1. The minimum absolute atomic E-state index is 0.155. The smallest absolute Gasteiger partial charge is 0.306 e. The molecule has 2 amide bonds. The summed E-state index contributed by atoms with van der Waals surface area (Å²) < 4.78 is 51.6. The van der Waals surface area contributed by atoms with Gasteiger partial charge in [0.25, 0.3) is 0 Å². The fraction of sp³-hybridized carbons (Fsp3) is 0.136. The molecule has 3 aromatic rings. The van der Waals surface area contributed by atoms with E-state index in [-0.39, 0.29) is 18.2 Å². The Balaban J connectivity index is 1.58. The first-order valence-corrected chi connectivity index (χ1v) is 9.80. The molecule has 32 heavy (non-hydrogen) atoms. The maximum Gasteiger partial charge on any atom is 0.416 e. The van der Waals surface area contributed by atoms with Crippen LogP contribution in [0.3, 0.4) is 0 Å². The quantitative estimate of drug-likeness (QED) is 0.387. The molecule has 10 heteroatoms. The third kappa shape index (κ3) is 4.72. The lowest BCUT2D eigenvalue weighted by Gasteiger charge is -2.16. The minimum atomic E-state index is -4.47. The van der Waals surface area contributed by atoms with Crippen molar-refractivity contribution in [3.8, 4) is 0 Å². The van der Waals surface area contributed by atoms with Crippen molar-refractivity contribution in [1.29, 1.82) is 0 Å². The van der Waals surface area contributed by atoms with Crippen molar-refractivity contribution >= 4 is 29.0 Å². The van der Waals surface area contributed by atoms with E-state index in [0.29, 0.717) is 16.4 Å². The Morgan fingerprint density at radius 1 is 1.03 bits per heavy atom. The molecule has 0 spiro atoms. The molecule has 0 saturated heterocycles. The van der Waals surface area contributed by atoms with Crippen LogP contribution in [0.1, 0.15) is 22.6 Å². The van der Waals surface area contributed by atoms with Crippen LogP contribution in [0.2, 0.25) is 5.15 Å². The Hall–Kier alpha value is -3.46. The maximum atomic E-state index is 13.4. The zero-order valence-corrected chi connectivity index (χ0v) is 17.0. The number of nitrogens with zero attached hydrogens (tertiary/aromatic N) is 3. The first-order chi connectivity index (χ1) is 15.2. The lowest BCUT2D eigenvalue weighted by Crippen LogP contribution is -2.30. The van der Waals surface area contributed by atoms with Gasteiger partial charge in [-0.15, -0.1) is 0 Å². The Kier molecular flexibility index (Phi) is 5.84. The average molecular weight is 463 g/mol. The van der Waals surface area contributed by atoms with Gasteiger partial charge in [-0.3, -0.25) is 0 Å². The monoisotopic (exact) mass is 462 g/mol. The summed E-state index contributed by atoms with van der Waals surface area (Å²) >= 11 is 5.87. The fourth-order valence-corrected chi connectivity index (χ4v) is 3.41. The lowest BCUT2D eigenvalue weighted by atomic mass is 9.92. The van der Waals surface area contributed by atoms with Gasteiger partial charge in [-0.05, 0) is 53.6 Å². The van der Waals surface area contributed by atoms with Gasteiger partial charge in [0.15, 0.2) is 0 Å². The molecule has 0 radical (unpaired) electrons. The second-order valence-corrected chi connectivity index (χ2v) is 7.43. The highest BCUT2D eigenvalue weighted by atomic mass is 35.5. The topological polar surface area (TPSA) is 57.6 Å². The second kappa shape index (κ2) is 8.58. The average Bonchev–Trinajstić information content (AvgIpc) is 3.20. The van der Waals surface area contributed by atoms with Crippen LogP contribution in [-0.2, 0) is 6.18 Å². The van der Waals surface area contributed by atoms with E-state index in [9.17, 15) is 22.4 Å². The number of anilines is 1. The molecule has 2 heterocycles. The van der Waals surface area contributed by atoms with Gasteiger partial charge in [-0.2, -0.15) is 18.3 Å². The van der Waals surface area contributed by atoms with Crippen LogP contribution < -0.4 is 5.32 Å². The zero-order chi connectivity index (χ0) is 22.9. The number of carbonyl (C=O) groups excluding carboxylic acids is 1. The Morgan fingerprint density at radius 2 is 1.72 bits per heavy atom.